The standard InChI is InChI=1S/C7H10O3/c1-4-3-6(5(2)8)7(9)10-4/h4,6H,3H2,1-2H3/t4-,6?/m1/s1. The largest absolute Gasteiger partial charge is 0.462 e. The van der Waals surface area contributed by atoms with E-state index in [4.69, 9.17) is 4.74 Å². The molecule has 56 valence electrons. The second-order valence-corrected chi connectivity index (χ2v) is 2.65. The summed E-state index contributed by atoms with van der Waals surface area (Å²) >= 11 is 0. The summed E-state index contributed by atoms with van der Waals surface area (Å²) in [7, 11) is 0. The van der Waals surface area contributed by atoms with Crippen LogP contribution in [-0.2, 0) is 14.3 Å². The predicted molar refractivity (Wildman–Crippen MR) is 34.3 cm³/mol. The smallest absolute Gasteiger partial charge is 0.316 e. The topological polar surface area (TPSA) is 43.4 Å². The molecule has 1 aliphatic rings. The quantitative estimate of drug-likeness (QED) is 0.396. The third-order valence-electron chi connectivity index (χ3n) is 1.66. The van der Waals surface area contributed by atoms with Crippen molar-refractivity contribution in [1.29, 1.82) is 0 Å². The molecule has 1 saturated heterocycles. The number of Topliss-reactive ketones (excluding diaryl/α,β-unsaturated/α-hetero) is 1. The van der Waals surface area contributed by atoms with Gasteiger partial charge in [0.2, 0.25) is 0 Å². The molecule has 0 aromatic carbocycles. The Balaban J connectivity index is 2.63. The predicted octanol–water partition coefficient (Wildman–Crippen LogP) is 0.527. The van der Waals surface area contributed by atoms with Gasteiger partial charge < -0.3 is 4.74 Å². The minimum Gasteiger partial charge on any atom is -0.462 e. The molecular formula is C7H10O3. The maximum Gasteiger partial charge on any atom is 0.316 e. The van der Waals surface area contributed by atoms with E-state index < -0.39 is 5.92 Å². The highest BCUT2D eigenvalue weighted by molar-refractivity contribution is 5.98. The molecule has 1 rings (SSSR count). The van der Waals surface area contributed by atoms with Crippen LogP contribution < -0.4 is 0 Å². The Morgan fingerprint density at radius 3 is 2.50 bits per heavy atom. The van der Waals surface area contributed by atoms with Crippen molar-refractivity contribution in [3.8, 4) is 0 Å². The van der Waals surface area contributed by atoms with Gasteiger partial charge in [-0.05, 0) is 13.8 Å². The summed E-state index contributed by atoms with van der Waals surface area (Å²) in [5.74, 6) is -0.940. The highest BCUT2D eigenvalue weighted by Crippen LogP contribution is 2.20. The number of carbonyl (C=O) groups is 2. The second kappa shape index (κ2) is 2.40. The molecule has 0 saturated carbocycles. The minimum absolute atomic E-state index is 0.0820. The van der Waals surface area contributed by atoms with E-state index in [-0.39, 0.29) is 17.9 Å². The van der Waals surface area contributed by atoms with Gasteiger partial charge in [0.25, 0.3) is 0 Å². The molecule has 1 fully saturated rings. The van der Waals surface area contributed by atoms with Crippen LogP contribution in [0.2, 0.25) is 0 Å². The van der Waals surface area contributed by atoms with Gasteiger partial charge in [-0.15, -0.1) is 0 Å². The molecule has 0 N–H and O–H groups in total. The average molecular weight is 142 g/mol. The Kier molecular flexibility index (Phi) is 1.74. The number of hydrogen-bond donors (Lipinski definition) is 0. The molecule has 1 unspecified atom stereocenters. The van der Waals surface area contributed by atoms with Crippen LogP contribution in [0.25, 0.3) is 0 Å². The molecule has 10 heavy (non-hydrogen) atoms. The average Bonchev–Trinajstić information content (AvgIpc) is 2.10. The summed E-state index contributed by atoms with van der Waals surface area (Å²) in [6.45, 7) is 3.21. The fourth-order valence-corrected chi connectivity index (χ4v) is 1.09. The second-order valence-electron chi connectivity index (χ2n) is 2.65. The summed E-state index contributed by atoms with van der Waals surface area (Å²) in [5.41, 5.74) is 0. The van der Waals surface area contributed by atoms with Crippen molar-refractivity contribution in [2.45, 2.75) is 26.4 Å². The van der Waals surface area contributed by atoms with Gasteiger partial charge in [0.15, 0.2) is 0 Å². The number of ether oxygens (including phenoxy) is 1. The molecule has 0 amide bonds. The fraction of sp³-hybridized carbons (Fsp3) is 0.714. The molecular weight excluding hydrogens is 132 g/mol. The van der Waals surface area contributed by atoms with Crippen LogP contribution in [0.3, 0.4) is 0 Å². The van der Waals surface area contributed by atoms with Crippen molar-refractivity contribution < 1.29 is 14.3 Å². The lowest BCUT2D eigenvalue weighted by atomic mass is 10.0. The summed E-state index contributed by atoms with van der Waals surface area (Å²) in [6.07, 6.45) is 0.468. The third-order valence-corrected chi connectivity index (χ3v) is 1.66. The van der Waals surface area contributed by atoms with Crippen LogP contribution in [0.15, 0.2) is 0 Å². The van der Waals surface area contributed by atoms with Gasteiger partial charge in [0.1, 0.15) is 17.8 Å². The highest BCUT2D eigenvalue weighted by Gasteiger charge is 2.34. The first-order valence-electron chi connectivity index (χ1n) is 3.32. The van der Waals surface area contributed by atoms with Crippen LogP contribution in [0.4, 0.5) is 0 Å². The zero-order chi connectivity index (χ0) is 7.72. The molecule has 0 bridgehead atoms. The van der Waals surface area contributed by atoms with Crippen LogP contribution >= 0.6 is 0 Å². The van der Waals surface area contributed by atoms with Gasteiger partial charge in [-0.3, -0.25) is 9.59 Å². The maximum atomic E-state index is 10.8. The Morgan fingerprint density at radius 1 is 1.70 bits per heavy atom. The molecule has 2 atom stereocenters. The van der Waals surface area contributed by atoms with E-state index in [1.165, 1.54) is 6.92 Å². The van der Waals surface area contributed by atoms with E-state index in [9.17, 15) is 9.59 Å². The van der Waals surface area contributed by atoms with Gasteiger partial charge in [-0.1, -0.05) is 0 Å². The lowest BCUT2D eigenvalue weighted by Gasteiger charge is -1.95. The zero-order valence-electron chi connectivity index (χ0n) is 6.09. The van der Waals surface area contributed by atoms with Crippen molar-refractivity contribution in [3.63, 3.8) is 0 Å². The Labute approximate surface area is 59.4 Å². The lowest BCUT2D eigenvalue weighted by Crippen LogP contribution is -2.15. The SMILES string of the molecule is CC(=O)C1C[C@@H](C)OC1=O. The molecule has 0 aromatic heterocycles. The van der Waals surface area contributed by atoms with Crippen LogP contribution in [-0.4, -0.2) is 17.9 Å². The zero-order valence-corrected chi connectivity index (χ0v) is 6.09. The van der Waals surface area contributed by atoms with E-state index in [1.807, 2.05) is 0 Å². The van der Waals surface area contributed by atoms with Crippen molar-refractivity contribution >= 4 is 11.8 Å². The van der Waals surface area contributed by atoms with Gasteiger partial charge in [0.05, 0.1) is 0 Å². The fourth-order valence-electron chi connectivity index (χ4n) is 1.09. The summed E-state index contributed by atoms with van der Waals surface area (Å²) in [4.78, 5) is 21.5. The summed E-state index contributed by atoms with van der Waals surface area (Å²) in [6, 6.07) is 0. The van der Waals surface area contributed by atoms with Crippen LogP contribution in [0.1, 0.15) is 20.3 Å². The van der Waals surface area contributed by atoms with Crippen LogP contribution in [0.5, 0.6) is 0 Å². The number of carbonyl (C=O) groups excluding carboxylic acids is 2. The molecule has 0 spiro atoms. The Bertz CT molecular complexity index is 174. The molecule has 0 aromatic rings. The molecule has 3 nitrogen and oxygen atoms in total. The van der Waals surface area contributed by atoms with E-state index in [1.54, 1.807) is 6.92 Å². The van der Waals surface area contributed by atoms with Crippen molar-refractivity contribution in [2.75, 3.05) is 0 Å². The molecule has 1 heterocycles. The van der Waals surface area contributed by atoms with Gasteiger partial charge in [0, 0.05) is 6.42 Å². The Morgan fingerprint density at radius 2 is 2.30 bits per heavy atom. The molecule has 1 aliphatic heterocycles. The molecule has 0 aliphatic carbocycles. The monoisotopic (exact) mass is 142 g/mol. The third kappa shape index (κ3) is 1.17. The molecule has 0 radical (unpaired) electrons. The normalized spacial score (nSPS) is 32.0. The van der Waals surface area contributed by atoms with Crippen molar-refractivity contribution in [1.82, 2.24) is 0 Å². The number of ketones is 1. The summed E-state index contributed by atoms with van der Waals surface area (Å²) < 4.78 is 4.78. The lowest BCUT2D eigenvalue weighted by molar-refractivity contribution is -0.146. The van der Waals surface area contributed by atoms with Crippen LogP contribution in [0, 0.1) is 5.92 Å². The van der Waals surface area contributed by atoms with Gasteiger partial charge in [-0.25, -0.2) is 0 Å². The van der Waals surface area contributed by atoms with Crippen molar-refractivity contribution in [3.05, 3.63) is 0 Å². The first kappa shape index (κ1) is 7.25. The maximum absolute atomic E-state index is 10.8. The van der Waals surface area contributed by atoms with Crippen molar-refractivity contribution in [2.24, 2.45) is 5.92 Å². The van der Waals surface area contributed by atoms with E-state index >= 15 is 0 Å². The number of hydrogen-bond acceptors (Lipinski definition) is 3. The number of cyclic esters (lactones) is 1. The minimum atomic E-state index is -0.491. The summed E-state index contributed by atoms with van der Waals surface area (Å²) in [5, 5.41) is 0. The van der Waals surface area contributed by atoms with Gasteiger partial charge >= 0.3 is 5.97 Å². The number of esters is 1. The van der Waals surface area contributed by atoms with E-state index in [0.717, 1.165) is 0 Å². The Hall–Kier alpha value is -0.860. The number of rotatable bonds is 1. The molecule has 3 heteroatoms. The first-order valence-corrected chi connectivity index (χ1v) is 3.32. The van der Waals surface area contributed by atoms with Gasteiger partial charge in [-0.2, -0.15) is 0 Å². The highest BCUT2D eigenvalue weighted by atomic mass is 16.5. The first-order chi connectivity index (χ1) is 4.61. The van der Waals surface area contributed by atoms with E-state index in [2.05, 4.69) is 0 Å². The van der Waals surface area contributed by atoms with E-state index in [0.29, 0.717) is 6.42 Å².